The molecular formula is C25H35N5O3. The fraction of sp³-hybridized carbons (Fsp3) is 0.640. The van der Waals surface area contributed by atoms with Gasteiger partial charge in [0.15, 0.2) is 0 Å². The molecule has 0 radical (unpaired) electrons. The Morgan fingerprint density at radius 1 is 1.09 bits per heavy atom. The Morgan fingerprint density at radius 3 is 2.58 bits per heavy atom. The number of pyridine rings is 1. The van der Waals surface area contributed by atoms with Gasteiger partial charge in [-0.2, -0.15) is 5.10 Å². The molecule has 5 rings (SSSR count). The molecule has 8 nitrogen and oxygen atoms in total. The highest BCUT2D eigenvalue weighted by atomic mass is 16.5. The van der Waals surface area contributed by atoms with Crippen LogP contribution in [0.15, 0.2) is 24.5 Å². The summed E-state index contributed by atoms with van der Waals surface area (Å²) in [5, 5.41) is 6.81. The van der Waals surface area contributed by atoms with Gasteiger partial charge in [0, 0.05) is 25.7 Å². The van der Waals surface area contributed by atoms with E-state index in [9.17, 15) is 9.59 Å². The van der Waals surface area contributed by atoms with E-state index in [0.29, 0.717) is 31.1 Å². The van der Waals surface area contributed by atoms with Crippen molar-refractivity contribution in [2.24, 2.45) is 11.8 Å². The van der Waals surface area contributed by atoms with Crippen molar-refractivity contribution in [2.45, 2.75) is 64.6 Å². The number of anilines is 1. The van der Waals surface area contributed by atoms with Gasteiger partial charge in [0.1, 0.15) is 0 Å². The molecule has 3 fully saturated rings. The zero-order valence-corrected chi connectivity index (χ0v) is 19.7. The number of fused-ring (bicyclic) bond motifs is 1. The van der Waals surface area contributed by atoms with Crippen LogP contribution in [0, 0.1) is 11.8 Å². The van der Waals surface area contributed by atoms with Crippen molar-refractivity contribution in [2.75, 3.05) is 31.1 Å². The molecule has 1 N–H and O–H groups in total. The van der Waals surface area contributed by atoms with Crippen molar-refractivity contribution in [3.63, 3.8) is 0 Å². The van der Waals surface area contributed by atoms with Crippen LogP contribution >= 0.6 is 0 Å². The van der Waals surface area contributed by atoms with Gasteiger partial charge in [-0.3, -0.25) is 15.0 Å². The molecule has 2 aromatic heterocycles. The smallest absolute Gasteiger partial charge is 0.328 e. The number of amides is 3. The Hall–Kier alpha value is -2.45. The number of imide groups is 1. The van der Waals surface area contributed by atoms with Gasteiger partial charge in [-0.1, -0.05) is 0 Å². The second kappa shape index (κ2) is 9.43. The average molecular weight is 454 g/mol. The van der Waals surface area contributed by atoms with Crippen LogP contribution in [-0.4, -0.2) is 64.8 Å². The van der Waals surface area contributed by atoms with Gasteiger partial charge < -0.3 is 9.64 Å². The maximum atomic E-state index is 12.3. The highest BCUT2D eigenvalue weighted by Crippen LogP contribution is 2.29. The minimum absolute atomic E-state index is 0.222. The van der Waals surface area contributed by atoms with Crippen molar-refractivity contribution in [1.29, 1.82) is 0 Å². The van der Waals surface area contributed by atoms with Crippen LogP contribution in [0.2, 0.25) is 0 Å². The summed E-state index contributed by atoms with van der Waals surface area (Å²) in [4.78, 5) is 28.1. The highest BCUT2D eigenvalue weighted by Gasteiger charge is 2.29. The monoisotopic (exact) mass is 453 g/mol. The molecule has 178 valence electrons. The Labute approximate surface area is 195 Å². The van der Waals surface area contributed by atoms with E-state index in [1.807, 2.05) is 6.20 Å². The molecule has 3 amide bonds. The van der Waals surface area contributed by atoms with Crippen LogP contribution in [0.25, 0.3) is 5.52 Å². The lowest BCUT2D eigenvalue weighted by molar-refractivity contribution is -0.120. The molecule has 0 spiro atoms. The standard InChI is InChI=1S/C25H35N5O3/c1-17-11-21(12-18(2)33-17)16-28-7-3-19(4-8-28)13-20-5-10-30-22(14-20)23(15-26-30)29-9-6-24(31)27-25(29)32/h5,10,14-15,17-19,21H,3-4,6-9,11-13,16H2,1-2H3,(H,27,31,32)/t17-,18+,21?. The third-order valence-electron chi connectivity index (χ3n) is 7.45. The van der Waals surface area contributed by atoms with E-state index in [0.717, 1.165) is 23.5 Å². The predicted octanol–water partition coefficient (Wildman–Crippen LogP) is 3.24. The van der Waals surface area contributed by atoms with Crippen molar-refractivity contribution in [1.82, 2.24) is 19.8 Å². The summed E-state index contributed by atoms with van der Waals surface area (Å²) in [6.45, 7) is 8.35. The van der Waals surface area contributed by atoms with Crippen LogP contribution in [0.4, 0.5) is 10.5 Å². The lowest BCUT2D eigenvalue weighted by Crippen LogP contribution is -2.49. The number of nitrogens with zero attached hydrogens (tertiary/aromatic N) is 4. The number of carbonyl (C=O) groups is 2. The summed E-state index contributed by atoms with van der Waals surface area (Å²) in [6.07, 6.45) is 10.6. The first kappa shape index (κ1) is 22.3. The third-order valence-corrected chi connectivity index (χ3v) is 7.45. The number of piperidine rings is 1. The minimum atomic E-state index is -0.368. The van der Waals surface area contributed by atoms with Crippen molar-refractivity contribution >= 4 is 23.1 Å². The topological polar surface area (TPSA) is 79.2 Å². The first-order chi connectivity index (χ1) is 15.9. The molecule has 0 saturated carbocycles. The number of hydrogen-bond donors (Lipinski definition) is 1. The van der Waals surface area contributed by atoms with Crippen LogP contribution < -0.4 is 10.2 Å². The second-order valence-electron chi connectivity index (χ2n) is 10.2. The van der Waals surface area contributed by atoms with Gasteiger partial charge in [0.25, 0.3) is 0 Å². The van der Waals surface area contributed by atoms with E-state index in [-0.39, 0.29) is 11.9 Å². The number of likely N-dealkylation sites (tertiary alicyclic amines) is 1. The summed E-state index contributed by atoms with van der Waals surface area (Å²) in [6, 6.07) is 3.93. The highest BCUT2D eigenvalue weighted by molar-refractivity contribution is 6.07. The number of aromatic nitrogens is 2. The largest absolute Gasteiger partial charge is 0.376 e. The Bertz CT molecular complexity index is 1000. The first-order valence-electron chi connectivity index (χ1n) is 12.4. The molecular weight excluding hydrogens is 418 g/mol. The summed E-state index contributed by atoms with van der Waals surface area (Å²) in [5.41, 5.74) is 2.96. The summed E-state index contributed by atoms with van der Waals surface area (Å²) >= 11 is 0. The number of ether oxygens (including phenoxy) is 1. The van der Waals surface area contributed by atoms with Gasteiger partial charge in [-0.15, -0.1) is 0 Å². The van der Waals surface area contributed by atoms with Crippen molar-refractivity contribution in [3.05, 3.63) is 30.1 Å². The lowest BCUT2D eigenvalue weighted by atomic mass is 9.88. The summed E-state index contributed by atoms with van der Waals surface area (Å²) in [7, 11) is 0. The van der Waals surface area contributed by atoms with E-state index in [1.54, 1.807) is 15.6 Å². The van der Waals surface area contributed by atoms with Crippen molar-refractivity contribution in [3.8, 4) is 0 Å². The number of carbonyl (C=O) groups excluding carboxylic acids is 2. The van der Waals surface area contributed by atoms with E-state index in [2.05, 4.69) is 41.3 Å². The quantitative estimate of drug-likeness (QED) is 0.752. The number of nitrogens with one attached hydrogen (secondary N) is 1. The van der Waals surface area contributed by atoms with Crippen LogP contribution in [-0.2, 0) is 16.0 Å². The van der Waals surface area contributed by atoms with Gasteiger partial charge in [-0.05, 0) is 88.6 Å². The van der Waals surface area contributed by atoms with E-state index in [4.69, 9.17) is 4.74 Å². The van der Waals surface area contributed by atoms with E-state index in [1.165, 1.54) is 50.9 Å². The molecule has 3 saturated heterocycles. The maximum Gasteiger partial charge on any atom is 0.328 e. The van der Waals surface area contributed by atoms with Gasteiger partial charge in [0.2, 0.25) is 5.91 Å². The average Bonchev–Trinajstić information content (AvgIpc) is 3.17. The molecule has 3 aliphatic rings. The molecule has 0 aromatic carbocycles. The Morgan fingerprint density at radius 2 is 1.85 bits per heavy atom. The number of rotatable bonds is 5. The van der Waals surface area contributed by atoms with E-state index < -0.39 is 0 Å². The normalized spacial score (nSPS) is 27.8. The summed E-state index contributed by atoms with van der Waals surface area (Å²) < 4.78 is 7.71. The molecule has 8 heteroatoms. The van der Waals surface area contributed by atoms with Gasteiger partial charge in [0.05, 0.1) is 29.6 Å². The zero-order valence-electron chi connectivity index (χ0n) is 19.7. The van der Waals surface area contributed by atoms with Crippen molar-refractivity contribution < 1.29 is 14.3 Å². The predicted molar refractivity (Wildman–Crippen MR) is 126 cm³/mol. The minimum Gasteiger partial charge on any atom is -0.376 e. The number of hydrogen-bond acceptors (Lipinski definition) is 5. The molecule has 5 heterocycles. The number of urea groups is 1. The van der Waals surface area contributed by atoms with Crippen LogP contribution in [0.5, 0.6) is 0 Å². The molecule has 3 aliphatic heterocycles. The fourth-order valence-corrected chi connectivity index (χ4v) is 5.90. The van der Waals surface area contributed by atoms with Crippen LogP contribution in [0.3, 0.4) is 0 Å². The SMILES string of the molecule is C[C@@H]1CC(CN2CCC(Cc3ccn4ncc(N5CCC(=O)NC5=O)c4c3)CC2)C[C@H](C)O1. The molecule has 3 atom stereocenters. The lowest BCUT2D eigenvalue weighted by Gasteiger charge is -2.38. The molecule has 1 unspecified atom stereocenters. The van der Waals surface area contributed by atoms with Gasteiger partial charge in [-0.25, -0.2) is 9.31 Å². The van der Waals surface area contributed by atoms with E-state index >= 15 is 0 Å². The van der Waals surface area contributed by atoms with Crippen LogP contribution in [0.1, 0.15) is 51.5 Å². The fourth-order valence-electron chi connectivity index (χ4n) is 5.90. The third kappa shape index (κ3) is 5.06. The maximum absolute atomic E-state index is 12.3. The molecule has 0 aliphatic carbocycles. The van der Waals surface area contributed by atoms with Gasteiger partial charge >= 0.3 is 6.03 Å². The zero-order chi connectivity index (χ0) is 22.9. The molecule has 0 bridgehead atoms. The Kier molecular flexibility index (Phi) is 6.38. The molecule has 33 heavy (non-hydrogen) atoms. The second-order valence-corrected chi connectivity index (χ2v) is 10.2. The summed E-state index contributed by atoms with van der Waals surface area (Å²) in [5.74, 6) is 1.21. The molecule has 2 aromatic rings. The Balaban J connectivity index is 1.19. The first-order valence-corrected chi connectivity index (χ1v) is 12.4.